The minimum atomic E-state index is 0.259. The number of nitrogens with one attached hydrogen (secondary N) is 1. The van der Waals surface area contributed by atoms with Crippen molar-refractivity contribution >= 4 is 5.69 Å². The quantitative estimate of drug-likeness (QED) is 0.509. The third-order valence-electron chi connectivity index (χ3n) is 6.48. The van der Waals surface area contributed by atoms with E-state index in [1.807, 2.05) is 0 Å². The SMILES string of the molecule is CCN(c1ccc(-c2ccccc2)cc1)C(/C(C)=C/C=C(C)C)C1(C)CCNCC1. The Labute approximate surface area is 183 Å². The van der Waals surface area contributed by atoms with E-state index < -0.39 is 0 Å². The molecule has 2 aromatic carbocycles. The molecular formula is C28H38N2. The van der Waals surface area contributed by atoms with Crippen LogP contribution in [0.5, 0.6) is 0 Å². The van der Waals surface area contributed by atoms with Crippen molar-refractivity contribution in [3.8, 4) is 11.1 Å². The average Bonchev–Trinajstić information content (AvgIpc) is 2.77. The van der Waals surface area contributed by atoms with Gasteiger partial charge in [0, 0.05) is 12.2 Å². The summed E-state index contributed by atoms with van der Waals surface area (Å²) in [5, 5.41) is 3.56. The van der Waals surface area contributed by atoms with Crippen molar-refractivity contribution in [2.24, 2.45) is 5.41 Å². The van der Waals surface area contributed by atoms with E-state index in [9.17, 15) is 0 Å². The van der Waals surface area contributed by atoms with Gasteiger partial charge in [0.2, 0.25) is 0 Å². The largest absolute Gasteiger partial charge is 0.365 e. The van der Waals surface area contributed by atoms with Gasteiger partial charge in [-0.25, -0.2) is 0 Å². The van der Waals surface area contributed by atoms with E-state index in [4.69, 9.17) is 0 Å². The Morgan fingerprint density at radius 3 is 2.10 bits per heavy atom. The lowest BCUT2D eigenvalue weighted by Gasteiger charge is -2.48. The maximum absolute atomic E-state index is 3.56. The highest BCUT2D eigenvalue weighted by Gasteiger charge is 2.39. The minimum absolute atomic E-state index is 0.259. The fraction of sp³-hybridized carbons (Fsp3) is 0.429. The summed E-state index contributed by atoms with van der Waals surface area (Å²) in [5.41, 5.74) is 6.92. The molecule has 1 unspecified atom stereocenters. The topological polar surface area (TPSA) is 15.3 Å². The van der Waals surface area contributed by atoms with Gasteiger partial charge < -0.3 is 10.2 Å². The van der Waals surface area contributed by atoms with Crippen molar-refractivity contribution in [1.29, 1.82) is 0 Å². The lowest BCUT2D eigenvalue weighted by Crippen LogP contribution is -2.52. The fourth-order valence-corrected chi connectivity index (χ4v) is 4.82. The molecule has 1 atom stereocenters. The summed E-state index contributed by atoms with van der Waals surface area (Å²) in [7, 11) is 0. The summed E-state index contributed by atoms with van der Waals surface area (Å²) in [6, 6.07) is 20.2. The highest BCUT2D eigenvalue weighted by Crippen LogP contribution is 2.40. The van der Waals surface area contributed by atoms with Gasteiger partial charge in [0.15, 0.2) is 0 Å². The molecule has 2 aromatic rings. The number of hydrogen-bond donors (Lipinski definition) is 1. The van der Waals surface area contributed by atoms with Gasteiger partial charge in [-0.05, 0) is 82.3 Å². The molecule has 1 N–H and O–H groups in total. The molecular weight excluding hydrogens is 364 g/mol. The third kappa shape index (κ3) is 5.23. The predicted octanol–water partition coefficient (Wildman–Crippen LogP) is 6.85. The molecule has 0 radical (unpaired) electrons. The number of rotatable bonds is 7. The number of benzene rings is 2. The van der Waals surface area contributed by atoms with E-state index in [-0.39, 0.29) is 5.41 Å². The predicted molar refractivity (Wildman–Crippen MR) is 132 cm³/mol. The van der Waals surface area contributed by atoms with Crippen LogP contribution in [0.25, 0.3) is 11.1 Å². The first kappa shape index (κ1) is 22.4. The molecule has 1 aliphatic rings. The summed E-state index contributed by atoms with van der Waals surface area (Å²) in [6.07, 6.45) is 7.01. The molecule has 0 amide bonds. The average molecular weight is 403 g/mol. The Hall–Kier alpha value is -2.32. The second-order valence-corrected chi connectivity index (χ2v) is 9.16. The monoisotopic (exact) mass is 402 g/mol. The second-order valence-electron chi connectivity index (χ2n) is 9.16. The van der Waals surface area contributed by atoms with Crippen molar-refractivity contribution in [3.05, 3.63) is 77.9 Å². The molecule has 0 aromatic heterocycles. The standard InChI is InChI=1S/C28H38N2/c1-6-30(26-16-14-25(15-17-26)24-10-8-7-9-11-24)27(23(4)13-12-22(2)3)28(5)18-20-29-21-19-28/h7-17,27,29H,6,18-21H2,1-5H3/b23-13+. The van der Waals surface area contributed by atoms with Crippen LogP contribution >= 0.6 is 0 Å². The Bertz CT molecular complexity index is 851. The van der Waals surface area contributed by atoms with Crippen molar-refractivity contribution in [2.75, 3.05) is 24.5 Å². The number of piperidine rings is 1. The van der Waals surface area contributed by atoms with Crippen LogP contribution in [0, 0.1) is 5.41 Å². The summed E-state index contributed by atoms with van der Waals surface area (Å²) in [6.45, 7) is 14.6. The van der Waals surface area contributed by atoms with E-state index in [1.165, 1.54) is 40.8 Å². The van der Waals surface area contributed by atoms with Crippen LogP contribution in [0.1, 0.15) is 47.5 Å². The molecule has 1 saturated heterocycles. The van der Waals surface area contributed by atoms with Crippen LogP contribution < -0.4 is 10.2 Å². The number of anilines is 1. The highest BCUT2D eigenvalue weighted by atomic mass is 15.2. The van der Waals surface area contributed by atoms with Gasteiger partial charge in [-0.1, -0.05) is 72.7 Å². The minimum Gasteiger partial charge on any atom is -0.365 e. The van der Waals surface area contributed by atoms with Crippen LogP contribution in [0.2, 0.25) is 0 Å². The molecule has 0 aliphatic carbocycles. The zero-order valence-corrected chi connectivity index (χ0v) is 19.4. The number of nitrogens with zero attached hydrogens (tertiary/aromatic N) is 1. The molecule has 30 heavy (non-hydrogen) atoms. The Morgan fingerprint density at radius 2 is 1.53 bits per heavy atom. The first-order valence-electron chi connectivity index (χ1n) is 11.4. The van der Waals surface area contributed by atoms with Crippen LogP contribution in [0.15, 0.2) is 77.9 Å². The molecule has 2 nitrogen and oxygen atoms in total. The molecule has 0 bridgehead atoms. The lowest BCUT2D eigenvalue weighted by atomic mass is 9.71. The molecule has 160 valence electrons. The summed E-state index contributed by atoms with van der Waals surface area (Å²) in [4.78, 5) is 2.62. The van der Waals surface area contributed by atoms with E-state index in [0.717, 1.165) is 19.6 Å². The second kappa shape index (κ2) is 10.1. The van der Waals surface area contributed by atoms with Crippen molar-refractivity contribution in [3.63, 3.8) is 0 Å². The molecule has 1 aliphatic heterocycles. The Kier molecular flexibility index (Phi) is 7.55. The number of allylic oxidation sites excluding steroid dienone is 3. The summed E-state index contributed by atoms with van der Waals surface area (Å²) in [5.74, 6) is 0. The fourth-order valence-electron chi connectivity index (χ4n) is 4.82. The van der Waals surface area contributed by atoms with Gasteiger partial charge in [0.05, 0.1) is 6.04 Å². The molecule has 1 fully saturated rings. The van der Waals surface area contributed by atoms with Crippen LogP contribution in [0.3, 0.4) is 0 Å². The smallest absolute Gasteiger partial charge is 0.0557 e. The van der Waals surface area contributed by atoms with Gasteiger partial charge >= 0.3 is 0 Å². The van der Waals surface area contributed by atoms with Crippen molar-refractivity contribution < 1.29 is 0 Å². The third-order valence-corrected chi connectivity index (χ3v) is 6.48. The summed E-state index contributed by atoms with van der Waals surface area (Å²) >= 11 is 0. The van der Waals surface area contributed by atoms with Crippen molar-refractivity contribution in [2.45, 2.75) is 53.5 Å². The van der Waals surface area contributed by atoms with Gasteiger partial charge in [-0.2, -0.15) is 0 Å². The molecule has 2 heteroatoms. The lowest BCUT2D eigenvalue weighted by molar-refractivity contribution is 0.192. The van der Waals surface area contributed by atoms with Crippen molar-refractivity contribution in [1.82, 2.24) is 5.32 Å². The van der Waals surface area contributed by atoms with Crippen LogP contribution in [-0.2, 0) is 0 Å². The van der Waals surface area contributed by atoms with Crippen LogP contribution in [-0.4, -0.2) is 25.7 Å². The van der Waals surface area contributed by atoms with Gasteiger partial charge in [0.1, 0.15) is 0 Å². The highest BCUT2D eigenvalue weighted by molar-refractivity contribution is 5.66. The molecule has 0 saturated carbocycles. The first-order chi connectivity index (χ1) is 14.4. The zero-order valence-electron chi connectivity index (χ0n) is 19.4. The van der Waals surface area contributed by atoms with Gasteiger partial charge in [0.25, 0.3) is 0 Å². The molecule has 3 rings (SSSR count). The molecule has 1 heterocycles. The van der Waals surface area contributed by atoms with E-state index >= 15 is 0 Å². The number of hydrogen-bond acceptors (Lipinski definition) is 2. The normalized spacial score (nSPS) is 17.3. The maximum Gasteiger partial charge on any atom is 0.0557 e. The number of likely N-dealkylation sites (N-methyl/N-ethyl adjacent to an activating group) is 1. The van der Waals surface area contributed by atoms with E-state index in [2.05, 4.69) is 112 Å². The maximum atomic E-state index is 3.56. The summed E-state index contributed by atoms with van der Waals surface area (Å²) < 4.78 is 0. The van der Waals surface area contributed by atoms with Gasteiger partial charge in [-0.15, -0.1) is 0 Å². The van der Waals surface area contributed by atoms with Crippen LogP contribution in [0.4, 0.5) is 5.69 Å². The first-order valence-corrected chi connectivity index (χ1v) is 11.4. The zero-order chi connectivity index (χ0) is 21.6. The van der Waals surface area contributed by atoms with Gasteiger partial charge in [-0.3, -0.25) is 0 Å². The Morgan fingerprint density at radius 1 is 0.933 bits per heavy atom. The molecule has 0 spiro atoms. The van der Waals surface area contributed by atoms with E-state index in [0.29, 0.717) is 6.04 Å². The van der Waals surface area contributed by atoms with E-state index in [1.54, 1.807) is 0 Å². The Balaban J connectivity index is 1.97.